The Morgan fingerprint density at radius 1 is 1.11 bits per heavy atom. The molecule has 19 heavy (non-hydrogen) atoms. The fourth-order valence-electron chi connectivity index (χ4n) is 2.86. The topological polar surface area (TPSA) is 78.4 Å². The summed E-state index contributed by atoms with van der Waals surface area (Å²) in [6.45, 7) is 4.45. The summed E-state index contributed by atoms with van der Waals surface area (Å²) in [6, 6.07) is -0.870. The van der Waals surface area contributed by atoms with Crippen LogP contribution in [0.4, 0.5) is 4.79 Å². The van der Waals surface area contributed by atoms with Gasteiger partial charge in [0.15, 0.2) is 0 Å². The zero-order chi connectivity index (χ0) is 14.0. The minimum Gasteiger partial charge on any atom is -0.480 e. The molecule has 2 aliphatic carbocycles. The van der Waals surface area contributed by atoms with Crippen LogP contribution in [0.1, 0.15) is 46.0 Å². The molecule has 4 unspecified atom stereocenters. The van der Waals surface area contributed by atoms with Gasteiger partial charge in [-0.15, -0.1) is 0 Å². The molecule has 5 heteroatoms. The fraction of sp³-hybridized carbons (Fsp3) is 0.857. The highest BCUT2D eigenvalue weighted by Gasteiger charge is 2.37. The number of carboxylic acids is 1. The average molecular weight is 268 g/mol. The van der Waals surface area contributed by atoms with Gasteiger partial charge in [0.25, 0.3) is 0 Å². The molecule has 2 aliphatic rings. The lowest BCUT2D eigenvalue weighted by Gasteiger charge is -2.32. The molecular weight excluding hydrogens is 244 g/mol. The molecule has 108 valence electrons. The Morgan fingerprint density at radius 3 is 2.32 bits per heavy atom. The van der Waals surface area contributed by atoms with Crippen LogP contribution >= 0.6 is 0 Å². The van der Waals surface area contributed by atoms with E-state index in [4.69, 9.17) is 5.11 Å². The molecule has 0 aromatic heterocycles. The van der Waals surface area contributed by atoms with Crippen molar-refractivity contribution in [1.29, 1.82) is 0 Å². The van der Waals surface area contributed by atoms with Gasteiger partial charge in [-0.1, -0.05) is 13.8 Å². The molecule has 0 aliphatic heterocycles. The van der Waals surface area contributed by atoms with Crippen LogP contribution < -0.4 is 10.6 Å². The van der Waals surface area contributed by atoms with Gasteiger partial charge in [0.05, 0.1) is 0 Å². The zero-order valence-electron chi connectivity index (χ0n) is 11.7. The minimum absolute atomic E-state index is 0.119. The Kier molecular flexibility index (Phi) is 4.32. The van der Waals surface area contributed by atoms with Crippen LogP contribution in [0, 0.1) is 17.8 Å². The lowest BCUT2D eigenvalue weighted by molar-refractivity contribution is -0.139. The Bertz CT molecular complexity index is 355. The fourth-order valence-corrected chi connectivity index (χ4v) is 2.86. The number of rotatable bonds is 4. The van der Waals surface area contributed by atoms with Gasteiger partial charge in [0.2, 0.25) is 0 Å². The quantitative estimate of drug-likeness (QED) is 0.729. The van der Waals surface area contributed by atoms with E-state index in [0.29, 0.717) is 11.8 Å². The van der Waals surface area contributed by atoms with Crippen molar-refractivity contribution >= 4 is 12.0 Å². The van der Waals surface area contributed by atoms with Crippen LogP contribution in [-0.4, -0.2) is 29.2 Å². The van der Waals surface area contributed by atoms with Gasteiger partial charge >= 0.3 is 12.0 Å². The number of hydrogen-bond donors (Lipinski definition) is 3. The smallest absolute Gasteiger partial charge is 0.326 e. The SMILES string of the molecule is CC1CCC(NC(=O)NC(C(=O)O)C2CC2)CC1C. The van der Waals surface area contributed by atoms with E-state index in [0.717, 1.165) is 32.1 Å². The van der Waals surface area contributed by atoms with Gasteiger partial charge in [-0.2, -0.15) is 0 Å². The summed E-state index contributed by atoms with van der Waals surface area (Å²) in [6.07, 6.45) is 4.89. The van der Waals surface area contributed by atoms with Crippen molar-refractivity contribution in [2.75, 3.05) is 0 Å². The first-order valence-corrected chi connectivity index (χ1v) is 7.27. The maximum Gasteiger partial charge on any atom is 0.326 e. The maximum absolute atomic E-state index is 11.9. The van der Waals surface area contributed by atoms with E-state index in [-0.39, 0.29) is 18.0 Å². The van der Waals surface area contributed by atoms with E-state index >= 15 is 0 Å². The highest BCUT2D eigenvalue weighted by Crippen LogP contribution is 2.33. The number of nitrogens with one attached hydrogen (secondary N) is 2. The van der Waals surface area contributed by atoms with Gasteiger partial charge < -0.3 is 15.7 Å². The lowest BCUT2D eigenvalue weighted by atomic mass is 9.79. The first-order chi connectivity index (χ1) is 8.97. The van der Waals surface area contributed by atoms with Crippen LogP contribution in [0.15, 0.2) is 0 Å². The van der Waals surface area contributed by atoms with Gasteiger partial charge in [-0.25, -0.2) is 9.59 Å². The summed E-state index contributed by atoms with van der Waals surface area (Å²) < 4.78 is 0. The number of urea groups is 1. The first kappa shape index (κ1) is 14.2. The molecule has 2 amide bonds. The van der Waals surface area contributed by atoms with Gasteiger partial charge in [0, 0.05) is 6.04 Å². The lowest BCUT2D eigenvalue weighted by Crippen LogP contribution is -2.51. The highest BCUT2D eigenvalue weighted by molar-refractivity contribution is 5.83. The molecule has 5 nitrogen and oxygen atoms in total. The van der Waals surface area contributed by atoms with Gasteiger partial charge in [0.1, 0.15) is 6.04 Å². The van der Waals surface area contributed by atoms with Crippen LogP contribution in [0.25, 0.3) is 0 Å². The molecule has 3 N–H and O–H groups in total. The van der Waals surface area contributed by atoms with Crippen molar-refractivity contribution in [3.05, 3.63) is 0 Å². The summed E-state index contributed by atoms with van der Waals surface area (Å²) in [4.78, 5) is 22.9. The third kappa shape index (κ3) is 3.85. The zero-order valence-corrected chi connectivity index (χ0v) is 11.7. The Hall–Kier alpha value is -1.26. The molecule has 2 saturated carbocycles. The molecule has 0 aromatic rings. The number of aliphatic carboxylic acids is 1. The summed E-state index contributed by atoms with van der Waals surface area (Å²) >= 11 is 0. The molecule has 0 saturated heterocycles. The third-order valence-electron chi connectivity index (χ3n) is 4.58. The third-order valence-corrected chi connectivity index (χ3v) is 4.58. The second-order valence-electron chi connectivity index (χ2n) is 6.24. The molecular formula is C14H24N2O3. The molecule has 0 bridgehead atoms. The number of hydrogen-bond acceptors (Lipinski definition) is 2. The number of carbonyl (C=O) groups is 2. The van der Waals surface area contributed by atoms with Crippen LogP contribution in [0.2, 0.25) is 0 Å². The van der Waals surface area contributed by atoms with Crippen molar-refractivity contribution in [1.82, 2.24) is 10.6 Å². The predicted molar refractivity (Wildman–Crippen MR) is 71.8 cm³/mol. The van der Waals surface area contributed by atoms with E-state index < -0.39 is 12.0 Å². The Labute approximate surface area is 114 Å². The van der Waals surface area contributed by atoms with E-state index in [1.807, 2.05) is 0 Å². The largest absolute Gasteiger partial charge is 0.480 e. The maximum atomic E-state index is 11.9. The summed E-state index contributed by atoms with van der Waals surface area (Å²) in [5.74, 6) is 0.508. The van der Waals surface area contributed by atoms with Crippen LogP contribution in [-0.2, 0) is 4.79 Å². The molecule has 2 rings (SSSR count). The molecule has 4 atom stereocenters. The Balaban J connectivity index is 1.79. The average Bonchev–Trinajstić information content (AvgIpc) is 3.14. The normalized spacial score (nSPS) is 32.4. The number of carboxylic acid groups (broad SMARTS) is 1. The van der Waals surface area contributed by atoms with Crippen molar-refractivity contribution in [3.63, 3.8) is 0 Å². The summed E-state index contributed by atoms with van der Waals surface area (Å²) in [5, 5.41) is 14.6. The van der Waals surface area contributed by atoms with E-state index in [1.165, 1.54) is 0 Å². The predicted octanol–water partition coefficient (Wildman–Crippen LogP) is 1.97. The highest BCUT2D eigenvalue weighted by atomic mass is 16.4. The molecule has 0 spiro atoms. The molecule has 0 radical (unpaired) electrons. The second-order valence-corrected chi connectivity index (χ2v) is 6.24. The van der Waals surface area contributed by atoms with Crippen molar-refractivity contribution < 1.29 is 14.7 Å². The Morgan fingerprint density at radius 2 is 1.79 bits per heavy atom. The first-order valence-electron chi connectivity index (χ1n) is 7.27. The monoisotopic (exact) mass is 268 g/mol. The van der Waals surface area contributed by atoms with Gasteiger partial charge in [-0.05, 0) is 49.9 Å². The summed E-state index contributed by atoms with van der Waals surface area (Å²) in [7, 11) is 0. The number of carbonyl (C=O) groups excluding carboxylic acids is 1. The van der Waals surface area contributed by atoms with Crippen molar-refractivity contribution in [3.8, 4) is 0 Å². The van der Waals surface area contributed by atoms with Gasteiger partial charge in [-0.3, -0.25) is 0 Å². The van der Waals surface area contributed by atoms with Crippen molar-refractivity contribution in [2.24, 2.45) is 17.8 Å². The van der Waals surface area contributed by atoms with E-state index in [1.54, 1.807) is 0 Å². The van der Waals surface area contributed by atoms with Crippen LogP contribution in [0.3, 0.4) is 0 Å². The minimum atomic E-state index is -0.928. The van der Waals surface area contributed by atoms with Crippen LogP contribution in [0.5, 0.6) is 0 Å². The van der Waals surface area contributed by atoms with Crippen molar-refractivity contribution in [2.45, 2.75) is 58.0 Å². The van der Waals surface area contributed by atoms with E-state index in [9.17, 15) is 9.59 Å². The second kappa shape index (κ2) is 5.80. The number of amides is 2. The molecule has 0 heterocycles. The molecule has 0 aromatic carbocycles. The summed E-state index contributed by atoms with van der Waals surface area (Å²) in [5.41, 5.74) is 0. The molecule has 2 fully saturated rings. The van der Waals surface area contributed by atoms with E-state index in [2.05, 4.69) is 24.5 Å². The standard InChI is InChI=1S/C14H24N2O3/c1-8-3-6-11(7-9(8)2)15-14(19)16-12(13(17)18)10-4-5-10/h8-12H,3-7H2,1-2H3,(H,17,18)(H2,15,16,19).